The Bertz CT molecular complexity index is 1160. The van der Waals surface area contributed by atoms with Gasteiger partial charge in [0.1, 0.15) is 0 Å². The Kier molecular flexibility index (Phi) is 4.33. The quantitative estimate of drug-likeness (QED) is 0.420. The van der Waals surface area contributed by atoms with Crippen molar-refractivity contribution in [3.8, 4) is 0 Å². The summed E-state index contributed by atoms with van der Waals surface area (Å²) in [6, 6.07) is 25.2. The van der Waals surface area contributed by atoms with Gasteiger partial charge in [-0.05, 0) is 81.5 Å². The first-order chi connectivity index (χ1) is 14.2. The number of rotatable bonds is 2. The van der Waals surface area contributed by atoms with E-state index in [1.165, 1.54) is 38.9 Å². The number of hydrogen-bond donors (Lipinski definition) is 0. The second-order valence-corrected chi connectivity index (χ2v) is 10.7. The smallest absolute Gasteiger partial charge is 0.00257 e. The third kappa shape index (κ3) is 3.14. The minimum Gasteiger partial charge on any atom is -0.0622 e. The van der Waals surface area contributed by atoms with E-state index in [0.717, 1.165) is 19.3 Å². The molecule has 0 heteroatoms. The summed E-state index contributed by atoms with van der Waals surface area (Å²) in [5.74, 6) is 0. The molecule has 0 aliphatic heterocycles. The van der Waals surface area contributed by atoms with Crippen LogP contribution in [0, 0.1) is 17.8 Å². The van der Waals surface area contributed by atoms with Crippen molar-refractivity contribution in [3.63, 3.8) is 0 Å². The molecule has 152 valence electrons. The number of hydrogen-bond acceptors (Lipinski definition) is 0. The van der Waals surface area contributed by atoms with Gasteiger partial charge in [0.15, 0.2) is 0 Å². The van der Waals surface area contributed by atoms with Gasteiger partial charge in [-0.25, -0.2) is 0 Å². The van der Waals surface area contributed by atoms with E-state index in [1.807, 2.05) is 0 Å². The molecule has 0 saturated carbocycles. The third-order valence-corrected chi connectivity index (χ3v) is 7.09. The maximum Gasteiger partial charge on any atom is -0.00257 e. The number of aryl methyl sites for hydroxylation is 1. The van der Waals surface area contributed by atoms with Crippen LogP contribution in [-0.2, 0) is 19.3 Å². The molecule has 0 radical (unpaired) electrons. The van der Waals surface area contributed by atoms with Crippen LogP contribution < -0.4 is 0 Å². The minimum absolute atomic E-state index is 0.134. The van der Waals surface area contributed by atoms with Crippen molar-refractivity contribution in [2.75, 3.05) is 0 Å². The van der Waals surface area contributed by atoms with Crippen molar-refractivity contribution < 1.29 is 0 Å². The van der Waals surface area contributed by atoms with Crippen LogP contribution in [-0.4, -0.2) is 0 Å². The van der Waals surface area contributed by atoms with Crippen molar-refractivity contribution in [2.45, 2.75) is 53.9 Å². The van der Waals surface area contributed by atoms with Crippen molar-refractivity contribution in [1.82, 2.24) is 0 Å². The first-order valence-electron chi connectivity index (χ1n) is 11.3. The summed E-state index contributed by atoms with van der Waals surface area (Å²) in [5, 5.41) is 0. The molecule has 0 bridgehead atoms. The van der Waals surface area contributed by atoms with Gasteiger partial charge in [-0.2, -0.15) is 0 Å². The molecule has 2 aliphatic rings. The Hall–Kier alpha value is -2.60. The Labute approximate surface area is 181 Å². The van der Waals surface area contributed by atoms with Crippen molar-refractivity contribution in [2.24, 2.45) is 10.8 Å². The summed E-state index contributed by atoms with van der Waals surface area (Å²) in [5.41, 5.74) is 13.6. The molecule has 0 saturated heterocycles. The molecule has 3 aromatic rings. The second kappa shape index (κ2) is 6.71. The van der Waals surface area contributed by atoms with Gasteiger partial charge in [0.2, 0.25) is 0 Å². The lowest BCUT2D eigenvalue weighted by Gasteiger charge is -2.46. The molecule has 0 unspecified atom stereocenters. The van der Waals surface area contributed by atoms with Crippen LogP contribution in [0.25, 0.3) is 11.1 Å². The molecule has 0 nitrogen and oxygen atoms in total. The lowest BCUT2D eigenvalue weighted by atomic mass is 9.57. The Morgan fingerprint density at radius 3 is 1.83 bits per heavy atom. The average molecular weight is 393 g/mol. The van der Waals surface area contributed by atoms with Crippen LogP contribution in [0.1, 0.15) is 66.6 Å². The van der Waals surface area contributed by atoms with Gasteiger partial charge in [0, 0.05) is 0 Å². The predicted molar refractivity (Wildman–Crippen MR) is 129 cm³/mol. The summed E-state index contributed by atoms with van der Waals surface area (Å²) in [6.45, 7) is 12.0. The molecular formula is C30H32. The predicted octanol–water partition coefficient (Wildman–Crippen LogP) is 7.66. The van der Waals surface area contributed by atoms with Gasteiger partial charge in [-0.1, -0.05) is 100.0 Å². The van der Waals surface area contributed by atoms with Crippen LogP contribution in [0.5, 0.6) is 0 Å². The van der Waals surface area contributed by atoms with Gasteiger partial charge in [-0.15, -0.1) is 0 Å². The molecule has 0 aromatic heterocycles. The highest BCUT2D eigenvalue weighted by Gasteiger charge is 2.43. The fraction of sp³-hybridized carbons (Fsp3) is 0.333. The fourth-order valence-electron chi connectivity index (χ4n) is 5.90. The monoisotopic (exact) mass is 392 g/mol. The molecule has 30 heavy (non-hydrogen) atoms. The molecule has 0 heterocycles. The van der Waals surface area contributed by atoms with E-state index in [4.69, 9.17) is 0 Å². The van der Waals surface area contributed by atoms with Crippen LogP contribution >= 0.6 is 0 Å². The zero-order valence-electron chi connectivity index (χ0n) is 19.0. The van der Waals surface area contributed by atoms with Gasteiger partial charge >= 0.3 is 0 Å². The Morgan fingerprint density at radius 1 is 0.633 bits per heavy atom. The van der Waals surface area contributed by atoms with Gasteiger partial charge in [-0.3, -0.25) is 0 Å². The zero-order valence-corrected chi connectivity index (χ0v) is 19.0. The van der Waals surface area contributed by atoms with E-state index in [1.54, 1.807) is 11.1 Å². The van der Waals surface area contributed by atoms with Gasteiger partial charge in [0.05, 0.1) is 0 Å². The average Bonchev–Trinajstić information content (AvgIpc) is 2.67. The van der Waals surface area contributed by atoms with Crippen molar-refractivity contribution in [3.05, 3.63) is 106 Å². The van der Waals surface area contributed by atoms with E-state index < -0.39 is 0 Å². The third-order valence-electron chi connectivity index (χ3n) is 7.09. The first-order valence-corrected chi connectivity index (χ1v) is 11.3. The number of allylic oxidation sites excluding steroid dienone is 2. The molecular weight excluding hydrogens is 360 g/mol. The molecule has 0 N–H and O–H groups in total. The first kappa shape index (κ1) is 19.4. The van der Waals surface area contributed by atoms with Crippen molar-refractivity contribution in [1.29, 1.82) is 0 Å². The molecule has 3 aromatic carbocycles. The van der Waals surface area contributed by atoms with Crippen LogP contribution in [0.4, 0.5) is 0 Å². The molecule has 0 fully saturated rings. The summed E-state index contributed by atoms with van der Waals surface area (Å²) >= 11 is 0. The zero-order chi connectivity index (χ0) is 21.1. The van der Waals surface area contributed by atoms with Crippen LogP contribution in [0.3, 0.4) is 0 Å². The highest BCUT2D eigenvalue weighted by molar-refractivity contribution is 6.00. The van der Waals surface area contributed by atoms with E-state index >= 15 is 0 Å². The number of fused-ring (bicyclic) bond motifs is 4. The molecule has 2 aliphatic carbocycles. The maximum atomic E-state index is 2.48. The lowest BCUT2D eigenvalue weighted by Crippen LogP contribution is -2.33. The van der Waals surface area contributed by atoms with E-state index in [9.17, 15) is 0 Å². The largest absolute Gasteiger partial charge is 0.0622 e. The topological polar surface area (TPSA) is 0 Å². The fourth-order valence-corrected chi connectivity index (χ4v) is 5.90. The van der Waals surface area contributed by atoms with E-state index in [-0.39, 0.29) is 10.8 Å². The second-order valence-electron chi connectivity index (χ2n) is 10.7. The summed E-state index contributed by atoms with van der Waals surface area (Å²) in [7, 11) is 0. The van der Waals surface area contributed by atoms with Gasteiger partial charge in [0.25, 0.3) is 0 Å². The molecule has 0 amide bonds. The molecule has 5 rings (SSSR count). The standard InChI is InChI=1S/C30H32/c1-20-11-13-25-23(15-20)18-29(2,3)28-26-14-12-22(16-21-9-7-6-8-10-21)17-24(26)19-30(4,5)27(25)28/h6-15,17H,16,18-19H2,1-5H3. The van der Waals surface area contributed by atoms with Crippen LogP contribution in [0.15, 0.2) is 66.7 Å². The summed E-state index contributed by atoms with van der Waals surface area (Å²) in [4.78, 5) is 0. The van der Waals surface area contributed by atoms with Crippen molar-refractivity contribution >= 4 is 11.1 Å². The molecule has 0 atom stereocenters. The highest BCUT2D eigenvalue weighted by atomic mass is 14.5. The summed E-state index contributed by atoms with van der Waals surface area (Å²) in [6.07, 6.45) is 3.23. The SMILES string of the molecule is Cc1ccc2c(c1)CC(C)(C)C1=C2C(C)(C)Cc2cc(Cc3ccccc3)ccc21. The Balaban J connectivity index is 1.67. The minimum atomic E-state index is 0.134. The number of benzene rings is 3. The Morgan fingerprint density at radius 2 is 1.20 bits per heavy atom. The van der Waals surface area contributed by atoms with E-state index in [0.29, 0.717) is 0 Å². The van der Waals surface area contributed by atoms with Gasteiger partial charge < -0.3 is 0 Å². The normalized spacial score (nSPS) is 18.4. The summed E-state index contributed by atoms with van der Waals surface area (Å²) < 4.78 is 0. The van der Waals surface area contributed by atoms with E-state index in [2.05, 4.69) is 101 Å². The lowest BCUT2D eigenvalue weighted by molar-refractivity contribution is 0.445. The van der Waals surface area contributed by atoms with Crippen LogP contribution in [0.2, 0.25) is 0 Å². The maximum absolute atomic E-state index is 2.48. The highest BCUT2D eigenvalue weighted by Crippen LogP contribution is 2.57. The molecule has 0 spiro atoms.